The average molecular weight is 840 g/mol. The third-order valence-corrected chi connectivity index (χ3v) is 15.9. The van der Waals surface area contributed by atoms with Crippen molar-refractivity contribution >= 4 is 10.4 Å². The quantitative estimate of drug-likeness (QED) is 0.0909. The van der Waals surface area contributed by atoms with Gasteiger partial charge in [-0.3, -0.25) is 4.18 Å². The Labute approximate surface area is 336 Å². The van der Waals surface area contributed by atoms with Crippen LogP contribution in [0.15, 0.2) is 0 Å². The normalized spacial score (nSPS) is 50.0. The summed E-state index contributed by atoms with van der Waals surface area (Å²) < 4.78 is 76.3. The second-order valence-electron chi connectivity index (χ2n) is 18.8. The first kappa shape index (κ1) is 45.9. The Morgan fingerprint density at radius 2 is 1.54 bits per heavy atom. The summed E-state index contributed by atoms with van der Waals surface area (Å²) in [7, 11) is -2.39. The predicted molar refractivity (Wildman–Crippen MR) is 197 cm³/mol. The molecule has 57 heavy (non-hydrogen) atoms. The van der Waals surface area contributed by atoms with Crippen LogP contribution in [-0.4, -0.2) is 161 Å². The Morgan fingerprint density at radius 3 is 2.16 bits per heavy atom. The molecule has 6 aliphatic rings. The maximum absolute atomic E-state index is 12.8. The van der Waals surface area contributed by atoms with Crippen LogP contribution in [0, 0.1) is 46.3 Å². The largest absolute Gasteiger partial charge is 0.726 e. The molecule has 0 aromatic heterocycles. The molecule has 21 atom stereocenters. The maximum Gasteiger partial charge on any atom is 0.217 e. The molecule has 0 aromatic rings. The summed E-state index contributed by atoms with van der Waals surface area (Å²) in [4.78, 5) is 0. The summed E-state index contributed by atoms with van der Waals surface area (Å²) >= 11 is 0. The molecular formula is C39H67O17S-. The van der Waals surface area contributed by atoms with E-state index < -0.39 is 131 Å². The van der Waals surface area contributed by atoms with Crippen molar-refractivity contribution in [2.45, 2.75) is 171 Å². The zero-order valence-electron chi connectivity index (χ0n) is 34.2. The zero-order chi connectivity index (χ0) is 42.0. The number of methoxy groups -OCH3 is 2. The highest BCUT2D eigenvalue weighted by atomic mass is 32.3. The molecule has 17 nitrogen and oxygen atoms in total. The zero-order valence-corrected chi connectivity index (χ0v) is 35.0. The Hall–Kier alpha value is -0.650. The van der Waals surface area contributed by atoms with Crippen molar-refractivity contribution in [3.63, 3.8) is 0 Å². The van der Waals surface area contributed by atoms with Gasteiger partial charge in [0.25, 0.3) is 0 Å². The van der Waals surface area contributed by atoms with Gasteiger partial charge < -0.3 is 68.7 Å². The van der Waals surface area contributed by atoms with Gasteiger partial charge in [-0.05, 0) is 79.4 Å². The van der Waals surface area contributed by atoms with Crippen LogP contribution in [0.5, 0.6) is 0 Å². The Balaban J connectivity index is 1.17. The lowest BCUT2D eigenvalue weighted by Gasteiger charge is -2.67. The minimum atomic E-state index is -5.24. The van der Waals surface area contributed by atoms with E-state index in [9.17, 15) is 48.7 Å². The molecule has 2 saturated heterocycles. The first-order valence-electron chi connectivity index (χ1n) is 20.7. The smallest absolute Gasteiger partial charge is 0.217 e. The van der Waals surface area contributed by atoms with E-state index in [2.05, 4.69) is 13.8 Å². The summed E-state index contributed by atoms with van der Waals surface area (Å²) in [5.41, 5.74) is -3.07. The van der Waals surface area contributed by atoms with E-state index in [0.29, 0.717) is 38.5 Å². The van der Waals surface area contributed by atoms with Crippen LogP contribution < -0.4 is 0 Å². The molecule has 4 saturated carbocycles. The van der Waals surface area contributed by atoms with Crippen molar-refractivity contribution in [1.29, 1.82) is 0 Å². The Bertz CT molecular complexity index is 1470. The van der Waals surface area contributed by atoms with Gasteiger partial charge in [0.05, 0.1) is 49.3 Å². The van der Waals surface area contributed by atoms with Gasteiger partial charge in [-0.1, -0.05) is 34.6 Å². The van der Waals surface area contributed by atoms with Gasteiger partial charge >= 0.3 is 0 Å². The van der Waals surface area contributed by atoms with Gasteiger partial charge in [-0.25, -0.2) is 8.42 Å². The molecule has 6 rings (SSSR count). The molecule has 2 aliphatic heterocycles. The number of aliphatic hydroxyl groups is 7. The van der Waals surface area contributed by atoms with E-state index in [1.165, 1.54) is 14.2 Å². The van der Waals surface area contributed by atoms with Crippen molar-refractivity contribution in [3.8, 4) is 0 Å². The number of fused-ring (bicyclic) bond motifs is 5. The standard InChI is InChI=1S/C39H68O17S/c1-18(2)23(53-36-33(30(44)25(16-40)54-36)55-35-32(51-7)31(45)26(50-6)17-52-35)9-8-19(3)20-14-22(42)34-37(20,4)13-11-27-38(5)12-10-21(41)29(43)28(38)24(15-39(27,34)46)56-57(47,48)49/h18-36,40-46H,8-17H2,1-7H3,(H,47,48,49)/p-1/t19-,20-,21+,22-,23+,24+,25-,26-,27-,28+,29+,30+,31+,32-,33-,34-,35+,36-,37-,38-,39+/m1/s1. The van der Waals surface area contributed by atoms with Gasteiger partial charge in [-0.15, -0.1) is 0 Å². The number of aliphatic hydroxyl groups excluding tert-OH is 6. The van der Waals surface area contributed by atoms with Gasteiger partial charge in [0.2, 0.25) is 10.4 Å². The summed E-state index contributed by atoms with van der Waals surface area (Å²) in [6.07, 6.45) is -10.3. The van der Waals surface area contributed by atoms with Crippen LogP contribution in [0.1, 0.15) is 86.0 Å². The minimum Gasteiger partial charge on any atom is -0.726 e. The molecule has 0 radical (unpaired) electrons. The second kappa shape index (κ2) is 17.3. The molecule has 4 aliphatic carbocycles. The van der Waals surface area contributed by atoms with E-state index in [1.54, 1.807) is 0 Å². The third-order valence-electron chi connectivity index (χ3n) is 15.4. The van der Waals surface area contributed by atoms with Crippen molar-refractivity contribution in [2.75, 3.05) is 27.4 Å². The molecule has 332 valence electrons. The fraction of sp³-hybridized carbons (Fsp3) is 1.00. The fourth-order valence-corrected chi connectivity index (χ4v) is 13.2. The Kier molecular flexibility index (Phi) is 13.9. The SMILES string of the molecule is CO[C@H]1[C@H](O[C@H]2[C@H](O[C@@H](CC[C@@H](C)[C@H]3C[C@@H](O)[C@@H]4[C@]3(C)CC[C@@H]3[C@@]5(C)CC[C@H](O)[C@H](O)[C@@H]5[C@@H](OS(=O)(=O)[O-])C[C@]34O)C(C)C)O[C@H](CO)[C@@H]2O)OC[C@@H](OC)[C@@H]1O. The molecule has 0 spiro atoms. The van der Waals surface area contributed by atoms with E-state index in [0.717, 1.165) is 0 Å². The van der Waals surface area contributed by atoms with Crippen LogP contribution in [0.25, 0.3) is 0 Å². The third kappa shape index (κ3) is 8.35. The molecule has 0 bridgehead atoms. The van der Waals surface area contributed by atoms with Gasteiger partial charge in [0, 0.05) is 32.5 Å². The van der Waals surface area contributed by atoms with Gasteiger partial charge in [0.1, 0.15) is 36.6 Å². The molecule has 18 heteroatoms. The monoisotopic (exact) mass is 839 g/mol. The molecule has 2 heterocycles. The van der Waals surface area contributed by atoms with Crippen LogP contribution in [0.4, 0.5) is 0 Å². The highest BCUT2D eigenvalue weighted by Gasteiger charge is 2.72. The second-order valence-corrected chi connectivity index (χ2v) is 19.8. The van der Waals surface area contributed by atoms with Crippen LogP contribution in [0.2, 0.25) is 0 Å². The number of hydrogen-bond donors (Lipinski definition) is 7. The molecule has 6 fully saturated rings. The van der Waals surface area contributed by atoms with E-state index in [-0.39, 0.29) is 37.2 Å². The molecule has 0 unspecified atom stereocenters. The maximum atomic E-state index is 12.8. The van der Waals surface area contributed by atoms with Crippen LogP contribution in [-0.2, 0) is 43.0 Å². The molecule has 0 amide bonds. The Morgan fingerprint density at radius 1 is 0.860 bits per heavy atom. The van der Waals surface area contributed by atoms with Crippen molar-refractivity contribution in [3.05, 3.63) is 0 Å². The highest BCUT2D eigenvalue weighted by Crippen LogP contribution is 2.70. The average Bonchev–Trinajstić information content (AvgIpc) is 3.58. The summed E-state index contributed by atoms with van der Waals surface area (Å²) in [5.74, 6) is -2.08. The highest BCUT2D eigenvalue weighted by molar-refractivity contribution is 7.80. The molecular weight excluding hydrogens is 772 g/mol. The lowest BCUT2D eigenvalue weighted by atomic mass is 9.41. The number of hydrogen-bond acceptors (Lipinski definition) is 17. The number of rotatable bonds is 14. The van der Waals surface area contributed by atoms with Crippen LogP contribution in [0.3, 0.4) is 0 Å². The summed E-state index contributed by atoms with van der Waals surface area (Å²) in [6, 6.07) is 0. The van der Waals surface area contributed by atoms with Gasteiger partial charge in [0.15, 0.2) is 12.6 Å². The molecule has 7 N–H and O–H groups in total. The van der Waals surface area contributed by atoms with Crippen molar-refractivity contribution < 1.29 is 81.3 Å². The minimum absolute atomic E-state index is 0.0168. The lowest BCUT2D eigenvalue weighted by Crippen LogP contribution is -2.71. The lowest BCUT2D eigenvalue weighted by molar-refractivity contribution is -0.313. The predicted octanol–water partition coefficient (Wildman–Crippen LogP) is 0.186. The van der Waals surface area contributed by atoms with E-state index >= 15 is 0 Å². The first-order chi connectivity index (χ1) is 26.6. The van der Waals surface area contributed by atoms with E-state index in [1.807, 2.05) is 20.8 Å². The van der Waals surface area contributed by atoms with Crippen molar-refractivity contribution in [1.82, 2.24) is 0 Å². The van der Waals surface area contributed by atoms with Gasteiger partial charge in [-0.2, -0.15) is 0 Å². The molecule has 0 aromatic carbocycles. The fourth-order valence-electron chi connectivity index (χ4n) is 12.7. The first-order valence-corrected chi connectivity index (χ1v) is 22.0. The number of ether oxygens (including phenoxy) is 6. The summed E-state index contributed by atoms with van der Waals surface area (Å²) in [5, 5.41) is 78.4. The van der Waals surface area contributed by atoms with Crippen molar-refractivity contribution in [2.24, 2.45) is 46.3 Å². The van der Waals surface area contributed by atoms with Crippen LogP contribution >= 0.6 is 0 Å². The topological polar surface area (TPSA) is 263 Å². The van der Waals surface area contributed by atoms with E-state index in [4.69, 9.17) is 32.6 Å². The summed E-state index contributed by atoms with van der Waals surface area (Å²) in [6.45, 7) is 9.58.